The summed E-state index contributed by atoms with van der Waals surface area (Å²) in [6.07, 6.45) is 5.54. The van der Waals surface area contributed by atoms with Crippen LogP contribution in [0.4, 0.5) is 0 Å². The van der Waals surface area contributed by atoms with Crippen LogP contribution in [-0.4, -0.2) is 0 Å². The van der Waals surface area contributed by atoms with Gasteiger partial charge in [0.25, 0.3) is 0 Å². The molecular formula is C8H20V. The molecule has 0 saturated carbocycles. The average molecular weight is 167 g/mol. The number of rotatable bonds is 3. The van der Waals surface area contributed by atoms with Crippen LogP contribution >= 0.6 is 0 Å². The fourth-order valence-corrected chi connectivity index (χ4v) is 0.500. The second-order valence-electron chi connectivity index (χ2n) is 1.71. The van der Waals surface area contributed by atoms with Crippen molar-refractivity contribution >= 4 is 0 Å². The molecule has 1 heteroatoms. The molecule has 57 valence electrons. The van der Waals surface area contributed by atoms with E-state index in [2.05, 4.69) is 13.8 Å². The van der Waals surface area contributed by atoms with Gasteiger partial charge in [-0.2, -0.15) is 0 Å². The van der Waals surface area contributed by atoms with Gasteiger partial charge in [-0.05, 0) is 0 Å². The minimum atomic E-state index is 0. The number of hydrogen-bond donors (Lipinski definition) is 0. The Kier molecular flexibility index (Phi) is 42.5. The van der Waals surface area contributed by atoms with Crippen LogP contribution in [-0.2, 0) is 18.6 Å². The maximum Gasteiger partial charge on any atom is 0 e. The molecule has 0 saturated heterocycles. The van der Waals surface area contributed by atoms with Crippen molar-refractivity contribution in [2.75, 3.05) is 0 Å². The van der Waals surface area contributed by atoms with E-state index in [4.69, 9.17) is 0 Å². The summed E-state index contributed by atoms with van der Waals surface area (Å²) in [6, 6.07) is 0. The van der Waals surface area contributed by atoms with E-state index in [-0.39, 0.29) is 18.6 Å². The molecule has 0 heterocycles. The maximum absolute atomic E-state index is 2.23. The van der Waals surface area contributed by atoms with Gasteiger partial charge in [0.1, 0.15) is 0 Å². The molecule has 0 aliphatic heterocycles. The molecule has 0 fully saturated rings. The Labute approximate surface area is 72.3 Å². The predicted molar refractivity (Wildman–Crippen MR) is 41.2 cm³/mol. The molecular weight excluding hydrogens is 147 g/mol. The van der Waals surface area contributed by atoms with Gasteiger partial charge in [-0.15, -0.1) is 0 Å². The van der Waals surface area contributed by atoms with Crippen LogP contribution in [0, 0.1) is 0 Å². The predicted octanol–water partition coefficient (Wildman–Crippen LogP) is 3.61. The molecule has 0 aromatic rings. The zero-order chi connectivity index (χ0) is 6.83. The Bertz CT molecular complexity index is 16.5. The molecule has 0 spiro atoms. The Morgan fingerprint density at radius 1 is 0.778 bits per heavy atom. The normalized spacial score (nSPS) is 6.67. The third-order valence-corrected chi connectivity index (χ3v) is 0.957. The van der Waals surface area contributed by atoms with Gasteiger partial charge in [0, 0.05) is 18.6 Å². The quantitative estimate of drug-likeness (QED) is 0.563. The molecule has 1 radical (unpaired) electrons. The van der Waals surface area contributed by atoms with Crippen molar-refractivity contribution in [2.45, 2.75) is 53.4 Å². The summed E-state index contributed by atoms with van der Waals surface area (Å²) in [6.45, 7) is 8.46. The summed E-state index contributed by atoms with van der Waals surface area (Å²) in [5.74, 6) is 0. The smallest absolute Gasteiger partial charge is 0 e. The Hall–Kier alpha value is 0.584. The van der Waals surface area contributed by atoms with Crippen LogP contribution < -0.4 is 0 Å². The van der Waals surface area contributed by atoms with E-state index in [1.54, 1.807) is 0 Å². The van der Waals surface area contributed by atoms with E-state index in [1.165, 1.54) is 25.7 Å². The first-order valence-corrected chi connectivity index (χ1v) is 3.91. The van der Waals surface area contributed by atoms with Crippen molar-refractivity contribution in [1.29, 1.82) is 0 Å². The van der Waals surface area contributed by atoms with Gasteiger partial charge >= 0.3 is 0 Å². The first-order chi connectivity index (χ1) is 3.91. The van der Waals surface area contributed by atoms with Crippen LogP contribution in [0.15, 0.2) is 0 Å². The van der Waals surface area contributed by atoms with E-state index in [0.29, 0.717) is 0 Å². The molecule has 0 amide bonds. The minimum absolute atomic E-state index is 0. The first kappa shape index (κ1) is 16.3. The Morgan fingerprint density at radius 2 is 1.00 bits per heavy atom. The van der Waals surface area contributed by atoms with Gasteiger partial charge in [-0.1, -0.05) is 53.4 Å². The molecule has 0 nitrogen and oxygen atoms in total. The van der Waals surface area contributed by atoms with Crippen molar-refractivity contribution in [2.24, 2.45) is 0 Å². The second kappa shape index (κ2) is 23.5. The van der Waals surface area contributed by atoms with Crippen LogP contribution in [0.1, 0.15) is 53.4 Å². The molecule has 0 rings (SSSR count). The Morgan fingerprint density at radius 3 is 1.11 bits per heavy atom. The van der Waals surface area contributed by atoms with Crippen LogP contribution in [0.25, 0.3) is 0 Å². The monoisotopic (exact) mass is 167 g/mol. The summed E-state index contributed by atoms with van der Waals surface area (Å²) >= 11 is 0. The fraction of sp³-hybridized carbons (Fsp3) is 1.00. The minimum Gasteiger partial charge on any atom is -0.0683 e. The van der Waals surface area contributed by atoms with Crippen molar-refractivity contribution in [1.82, 2.24) is 0 Å². The SMILES string of the molecule is CC.CCCCCC.[V]. The maximum atomic E-state index is 2.23. The standard InChI is InChI=1S/C6H14.C2H6.V/c1-3-5-6-4-2;1-2;/h3-6H2,1-2H3;1-2H3;. The molecule has 0 aromatic heterocycles. The number of unbranched alkanes of at least 4 members (excludes halogenated alkanes) is 3. The summed E-state index contributed by atoms with van der Waals surface area (Å²) < 4.78 is 0. The van der Waals surface area contributed by atoms with Crippen molar-refractivity contribution in [3.8, 4) is 0 Å². The number of hydrogen-bond acceptors (Lipinski definition) is 0. The zero-order valence-corrected chi connectivity index (χ0v) is 8.67. The molecule has 0 aliphatic rings. The van der Waals surface area contributed by atoms with Crippen LogP contribution in [0.2, 0.25) is 0 Å². The molecule has 0 bridgehead atoms. The van der Waals surface area contributed by atoms with E-state index >= 15 is 0 Å². The molecule has 0 unspecified atom stereocenters. The summed E-state index contributed by atoms with van der Waals surface area (Å²) in [4.78, 5) is 0. The van der Waals surface area contributed by atoms with Crippen molar-refractivity contribution in [3.63, 3.8) is 0 Å². The van der Waals surface area contributed by atoms with Crippen LogP contribution in [0.5, 0.6) is 0 Å². The molecule has 0 aromatic carbocycles. The summed E-state index contributed by atoms with van der Waals surface area (Å²) in [7, 11) is 0. The van der Waals surface area contributed by atoms with E-state index in [0.717, 1.165) is 0 Å². The van der Waals surface area contributed by atoms with Crippen molar-refractivity contribution < 1.29 is 18.6 Å². The van der Waals surface area contributed by atoms with Gasteiger partial charge in [-0.3, -0.25) is 0 Å². The van der Waals surface area contributed by atoms with Gasteiger partial charge in [-0.25, -0.2) is 0 Å². The van der Waals surface area contributed by atoms with Crippen molar-refractivity contribution in [3.05, 3.63) is 0 Å². The zero-order valence-electron chi connectivity index (χ0n) is 7.28. The Balaban J connectivity index is -0.000000109. The topological polar surface area (TPSA) is 0 Å². The van der Waals surface area contributed by atoms with Crippen LogP contribution in [0.3, 0.4) is 0 Å². The average Bonchev–Trinajstić information content (AvgIpc) is 1.88. The van der Waals surface area contributed by atoms with Gasteiger partial charge in [0.05, 0.1) is 0 Å². The second-order valence-corrected chi connectivity index (χ2v) is 1.71. The first-order valence-electron chi connectivity index (χ1n) is 3.91. The molecule has 0 aliphatic carbocycles. The van der Waals surface area contributed by atoms with Gasteiger partial charge in [0.15, 0.2) is 0 Å². The van der Waals surface area contributed by atoms with E-state index < -0.39 is 0 Å². The molecule has 0 atom stereocenters. The largest absolute Gasteiger partial charge is 0.0683 e. The van der Waals surface area contributed by atoms with E-state index in [1.807, 2.05) is 13.8 Å². The molecule has 9 heavy (non-hydrogen) atoms. The molecule has 0 N–H and O–H groups in total. The third-order valence-electron chi connectivity index (χ3n) is 0.957. The third kappa shape index (κ3) is 29.0. The summed E-state index contributed by atoms with van der Waals surface area (Å²) in [5, 5.41) is 0. The van der Waals surface area contributed by atoms with Gasteiger partial charge < -0.3 is 0 Å². The van der Waals surface area contributed by atoms with Gasteiger partial charge in [0.2, 0.25) is 0 Å². The van der Waals surface area contributed by atoms with E-state index in [9.17, 15) is 0 Å². The summed E-state index contributed by atoms with van der Waals surface area (Å²) in [5.41, 5.74) is 0. The fourth-order valence-electron chi connectivity index (χ4n) is 0.500.